The number of nitrogens with zero attached hydrogens (tertiary/aromatic N) is 2. The van der Waals surface area contributed by atoms with Crippen LogP contribution in [0.15, 0.2) is 159 Å². The van der Waals surface area contributed by atoms with Crippen molar-refractivity contribution < 1.29 is 0 Å². The normalized spacial score (nSPS) is 10.8. The van der Waals surface area contributed by atoms with Gasteiger partial charge in [0.2, 0.25) is 0 Å². The van der Waals surface area contributed by atoms with Crippen LogP contribution in [0.25, 0.3) is 65.8 Å². The molecule has 0 saturated carbocycles. The van der Waals surface area contributed by atoms with E-state index in [0.29, 0.717) is 0 Å². The molecule has 0 aliphatic carbocycles. The maximum absolute atomic E-state index is 4.63. The third-order valence-electron chi connectivity index (χ3n) is 7.43. The molecule has 7 aromatic rings. The largest absolute Gasteiger partial charge is 0.264 e. The second-order valence-electron chi connectivity index (χ2n) is 10.3. The third-order valence-corrected chi connectivity index (χ3v) is 7.43. The fraction of sp³-hybridized carbons (Fsp3) is 0.0732. The summed E-state index contributed by atoms with van der Waals surface area (Å²) in [5.41, 5.74) is 8.08. The lowest BCUT2D eigenvalue weighted by atomic mass is 9.87. The van der Waals surface area contributed by atoms with Crippen LogP contribution in [0.5, 0.6) is 0 Å². The molecule has 210 valence electrons. The molecule has 0 fully saturated rings. The van der Waals surface area contributed by atoms with Crippen LogP contribution in [0.4, 0.5) is 0 Å². The minimum atomic E-state index is 1.01. The molecule has 2 heteroatoms. The van der Waals surface area contributed by atoms with E-state index in [1.165, 1.54) is 54.6 Å². The summed E-state index contributed by atoms with van der Waals surface area (Å²) in [5, 5.41) is 7.69. The quantitative estimate of drug-likeness (QED) is 0.120. The summed E-state index contributed by atoms with van der Waals surface area (Å²) in [6, 6.07) is 36.9. The van der Waals surface area contributed by atoms with Gasteiger partial charge in [-0.2, -0.15) is 0 Å². The maximum atomic E-state index is 4.63. The van der Waals surface area contributed by atoms with Gasteiger partial charge in [-0.1, -0.05) is 116 Å². The van der Waals surface area contributed by atoms with Gasteiger partial charge in [0.15, 0.2) is 0 Å². The van der Waals surface area contributed by atoms with Crippen molar-refractivity contribution in [2.45, 2.75) is 20.3 Å². The molecule has 0 aliphatic rings. The van der Waals surface area contributed by atoms with E-state index in [2.05, 4.69) is 128 Å². The van der Waals surface area contributed by atoms with E-state index in [0.717, 1.165) is 23.3 Å². The molecule has 0 N–H and O–H groups in total. The topological polar surface area (TPSA) is 25.8 Å². The summed E-state index contributed by atoms with van der Waals surface area (Å²) in [7, 11) is 0. The Morgan fingerprint density at radius 2 is 1.28 bits per heavy atom. The second kappa shape index (κ2) is 13.5. The minimum absolute atomic E-state index is 1.01. The van der Waals surface area contributed by atoms with Crippen LogP contribution in [0.2, 0.25) is 0 Å². The maximum Gasteiger partial charge on any atom is 0.0708 e. The zero-order valence-electron chi connectivity index (χ0n) is 24.9. The van der Waals surface area contributed by atoms with E-state index in [-0.39, 0.29) is 0 Å². The van der Waals surface area contributed by atoms with E-state index in [1.54, 1.807) is 0 Å². The number of aromatic nitrogens is 2. The molecule has 43 heavy (non-hydrogen) atoms. The molecule has 5 aromatic carbocycles. The van der Waals surface area contributed by atoms with Crippen LogP contribution < -0.4 is 0 Å². The molecule has 0 bridgehead atoms. The Bertz CT molecular complexity index is 1990. The van der Waals surface area contributed by atoms with Crippen molar-refractivity contribution in [3.8, 4) is 33.5 Å². The highest BCUT2D eigenvalue weighted by Crippen LogP contribution is 2.42. The van der Waals surface area contributed by atoms with Gasteiger partial charge >= 0.3 is 0 Å². The SMILES string of the molecule is C=C.C=C(C)/C=C\CC.c1ccc(-c2ccc3ccc4ccc(-c5ccc(-c6cccnc6)cc5)c5ccc2c3c45)nc1. The first-order chi connectivity index (χ1) is 21.1. The number of pyridine rings is 2. The van der Waals surface area contributed by atoms with Crippen molar-refractivity contribution in [1.29, 1.82) is 0 Å². The highest BCUT2D eigenvalue weighted by molar-refractivity contribution is 6.27. The number of hydrogen-bond acceptors (Lipinski definition) is 2. The molecular weight excluding hydrogens is 520 g/mol. The average molecular weight is 557 g/mol. The van der Waals surface area contributed by atoms with Crippen LogP contribution >= 0.6 is 0 Å². The van der Waals surface area contributed by atoms with Crippen molar-refractivity contribution in [3.63, 3.8) is 0 Å². The zero-order valence-corrected chi connectivity index (χ0v) is 24.9. The van der Waals surface area contributed by atoms with Crippen molar-refractivity contribution in [3.05, 3.63) is 159 Å². The van der Waals surface area contributed by atoms with Crippen LogP contribution in [-0.4, -0.2) is 9.97 Å². The molecule has 2 heterocycles. The molecule has 2 nitrogen and oxygen atoms in total. The smallest absolute Gasteiger partial charge is 0.0708 e. The molecule has 0 unspecified atom stereocenters. The van der Waals surface area contributed by atoms with Gasteiger partial charge in [0.25, 0.3) is 0 Å². The molecule has 7 rings (SSSR count). The fourth-order valence-corrected chi connectivity index (χ4v) is 5.49. The van der Waals surface area contributed by atoms with Gasteiger partial charge in [0.1, 0.15) is 0 Å². The van der Waals surface area contributed by atoms with E-state index in [4.69, 9.17) is 0 Å². The van der Waals surface area contributed by atoms with Gasteiger partial charge in [-0.05, 0) is 86.1 Å². The molecule has 0 saturated heterocycles. The second-order valence-corrected chi connectivity index (χ2v) is 10.3. The highest BCUT2D eigenvalue weighted by atomic mass is 14.7. The van der Waals surface area contributed by atoms with E-state index < -0.39 is 0 Å². The predicted octanol–water partition coefficient (Wildman–Crippen LogP) is 11.7. The first kappa shape index (κ1) is 29.2. The lowest BCUT2D eigenvalue weighted by Crippen LogP contribution is -1.90. The van der Waals surface area contributed by atoms with Crippen molar-refractivity contribution in [2.24, 2.45) is 0 Å². The van der Waals surface area contributed by atoms with Crippen molar-refractivity contribution >= 4 is 32.3 Å². The molecule has 0 spiro atoms. The van der Waals surface area contributed by atoms with E-state index >= 15 is 0 Å². The number of hydrogen-bond donors (Lipinski definition) is 0. The summed E-state index contributed by atoms with van der Waals surface area (Å²) in [6.07, 6.45) is 10.8. The number of allylic oxidation sites excluding steroid dienone is 3. The molecule has 0 radical (unpaired) electrons. The van der Waals surface area contributed by atoms with Gasteiger partial charge in [0.05, 0.1) is 5.69 Å². The van der Waals surface area contributed by atoms with Gasteiger partial charge in [-0.3, -0.25) is 9.97 Å². The van der Waals surface area contributed by atoms with E-state index in [1.807, 2.05) is 49.8 Å². The molecular formula is C41H36N2. The first-order valence-electron chi connectivity index (χ1n) is 14.6. The zero-order chi connectivity index (χ0) is 30.2. The Hall–Kier alpha value is -5.34. The molecule has 2 aromatic heterocycles. The lowest BCUT2D eigenvalue weighted by molar-refractivity contribution is 1.22. The predicted molar refractivity (Wildman–Crippen MR) is 188 cm³/mol. The van der Waals surface area contributed by atoms with Gasteiger partial charge in [0, 0.05) is 24.2 Å². The Morgan fingerprint density at radius 3 is 1.84 bits per heavy atom. The van der Waals surface area contributed by atoms with Crippen molar-refractivity contribution in [1.82, 2.24) is 9.97 Å². The monoisotopic (exact) mass is 556 g/mol. The van der Waals surface area contributed by atoms with Crippen LogP contribution in [0, 0.1) is 0 Å². The molecule has 0 aliphatic heterocycles. The summed E-state index contributed by atoms with van der Waals surface area (Å²) < 4.78 is 0. The Morgan fingerprint density at radius 1 is 0.651 bits per heavy atom. The minimum Gasteiger partial charge on any atom is -0.264 e. The lowest BCUT2D eigenvalue weighted by Gasteiger charge is -2.16. The summed E-state index contributed by atoms with van der Waals surface area (Å²) >= 11 is 0. The summed E-state index contributed by atoms with van der Waals surface area (Å²) in [4.78, 5) is 8.88. The summed E-state index contributed by atoms with van der Waals surface area (Å²) in [6.45, 7) is 13.8. The number of rotatable bonds is 5. The average Bonchev–Trinajstić information content (AvgIpc) is 3.08. The van der Waals surface area contributed by atoms with E-state index in [9.17, 15) is 0 Å². The Kier molecular flexibility index (Phi) is 9.19. The molecule has 0 amide bonds. The van der Waals surface area contributed by atoms with Gasteiger partial charge in [-0.25, -0.2) is 0 Å². The van der Waals surface area contributed by atoms with Gasteiger partial charge < -0.3 is 0 Å². The first-order valence-corrected chi connectivity index (χ1v) is 14.6. The number of benzene rings is 5. The highest BCUT2D eigenvalue weighted by Gasteiger charge is 2.15. The van der Waals surface area contributed by atoms with Crippen LogP contribution in [0.3, 0.4) is 0 Å². The summed E-state index contributed by atoms with van der Waals surface area (Å²) in [5.74, 6) is 0. The fourth-order valence-electron chi connectivity index (χ4n) is 5.49. The van der Waals surface area contributed by atoms with Crippen LogP contribution in [-0.2, 0) is 0 Å². The van der Waals surface area contributed by atoms with Crippen LogP contribution in [0.1, 0.15) is 20.3 Å². The van der Waals surface area contributed by atoms with Gasteiger partial charge in [-0.15, -0.1) is 13.2 Å². The standard InChI is InChI=1S/C32H20N2.C7H12.C2H4/c1-2-19-34-30(5-1)27-15-13-24-11-10-23-12-14-26(28-16-17-29(27)32(24)31(23)28)22-8-6-21(7-9-22)25-4-3-18-33-20-25;1-4-5-6-7(2)3;1-2/h1-20H;5-6H,2,4H2,1,3H3;1-2H2/b;6-5-;. The Labute approximate surface area is 254 Å². The van der Waals surface area contributed by atoms with Crippen molar-refractivity contribution in [2.75, 3.05) is 0 Å². The Balaban J connectivity index is 0.000000363. The third kappa shape index (κ3) is 6.14. The molecule has 0 atom stereocenters.